The van der Waals surface area contributed by atoms with E-state index < -0.39 is 0 Å². The van der Waals surface area contributed by atoms with Crippen LogP contribution < -0.4 is 10.2 Å². The maximum Gasteiger partial charge on any atom is 0.193 e. The van der Waals surface area contributed by atoms with Gasteiger partial charge in [-0.2, -0.15) is 0 Å². The van der Waals surface area contributed by atoms with Crippen LogP contribution in [0.2, 0.25) is 0 Å². The van der Waals surface area contributed by atoms with E-state index in [9.17, 15) is 0 Å². The lowest BCUT2D eigenvalue weighted by Crippen LogP contribution is -2.45. The Labute approximate surface area is 162 Å². The molecule has 0 amide bonds. The van der Waals surface area contributed by atoms with E-state index in [1.807, 2.05) is 13.2 Å². The smallest absolute Gasteiger partial charge is 0.193 e. The van der Waals surface area contributed by atoms with Crippen LogP contribution in [0.5, 0.6) is 0 Å². The van der Waals surface area contributed by atoms with Crippen LogP contribution in [-0.2, 0) is 6.54 Å². The fourth-order valence-corrected chi connectivity index (χ4v) is 3.55. The van der Waals surface area contributed by atoms with Crippen molar-refractivity contribution in [3.63, 3.8) is 0 Å². The molecular formula is C18H30IN5. The number of anilines is 1. The largest absolute Gasteiger partial charge is 0.357 e. The molecule has 2 aliphatic heterocycles. The van der Waals surface area contributed by atoms with Gasteiger partial charge in [-0.1, -0.05) is 13.0 Å². The van der Waals surface area contributed by atoms with Gasteiger partial charge >= 0.3 is 0 Å². The molecule has 1 N–H and O–H groups in total. The van der Waals surface area contributed by atoms with E-state index in [1.165, 1.54) is 31.2 Å². The highest BCUT2D eigenvalue weighted by Crippen LogP contribution is 2.18. The monoisotopic (exact) mass is 443 g/mol. The van der Waals surface area contributed by atoms with E-state index in [0.29, 0.717) is 0 Å². The van der Waals surface area contributed by atoms with Crippen molar-refractivity contribution in [3.8, 4) is 0 Å². The minimum Gasteiger partial charge on any atom is -0.357 e. The van der Waals surface area contributed by atoms with Gasteiger partial charge in [0.25, 0.3) is 0 Å². The van der Waals surface area contributed by atoms with Crippen LogP contribution in [0.3, 0.4) is 0 Å². The number of hydrogen-bond donors (Lipinski definition) is 1. The molecule has 1 aromatic heterocycles. The number of nitrogens with zero attached hydrogens (tertiary/aromatic N) is 4. The molecule has 1 atom stereocenters. The van der Waals surface area contributed by atoms with E-state index >= 15 is 0 Å². The summed E-state index contributed by atoms with van der Waals surface area (Å²) in [4.78, 5) is 13.8. The van der Waals surface area contributed by atoms with Crippen molar-refractivity contribution in [2.24, 2.45) is 10.9 Å². The second-order valence-corrected chi connectivity index (χ2v) is 6.81. The first-order valence-electron chi connectivity index (χ1n) is 8.92. The van der Waals surface area contributed by atoms with Crippen LogP contribution >= 0.6 is 24.0 Å². The minimum absolute atomic E-state index is 0. The topological polar surface area (TPSA) is 43.8 Å². The Morgan fingerprint density at radius 1 is 1.25 bits per heavy atom. The number of halogens is 1. The second kappa shape index (κ2) is 9.44. The maximum atomic E-state index is 4.62. The molecule has 0 radical (unpaired) electrons. The van der Waals surface area contributed by atoms with Crippen LogP contribution in [0, 0.1) is 5.92 Å². The molecule has 134 valence electrons. The number of piperidine rings is 1. The van der Waals surface area contributed by atoms with Crippen LogP contribution in [0.4, 0.5) is 5.82 Å². The number of aromatic nitrogens is 1. The lowest BCUT2D eigenvalue weighted by molar-refractivity contribution is 0.266. The molecule has 0 aromatic carbocycles. The molecule has 1 unspecified atom stereocenters. The number of aliphatic imine (C=N–C) groups is 1. The Balaban J connectivity index is 0.00000208. The molecule has 24 heavy (non-hydrogen) atoms. The normalized spacial score (nSPS) is 21.6. The molecule has 2 saturated heterocycles. The quantitative estimate of drug-likeness (QED) is 0.443. The summed E-state index contributed by atoms with van der Waals surface area (Å²) in [6.45, 7) is 7.60. The Hall–Kier alpha value is -1.05. The van der Waals surface area contributed by atoms with E-state index in [1.54, 1.807) is 0 Å². The van der Waals surface area contributed by atoms with Crippen molar-refractivity contribution >= 4 is 35.8 Å². The predicted molar refractivity (Wildman–Crippen MR) is 111 cm³/mol. The van der Waals surface area contributed by atoms with Gasteiger partial charge < -0.3 is 15.1 Å². The van der Waals surface area contributed by atoms with Gasteiger partial charge in [-0.05, 0) is 43.2 Å². The van der Waals surface area contributed by atoms with Gasteiger partial charge in [0.2, 0.25) is 0 Å². The summed E-state index contributed by atoms with van der Waals surface area (Å²) < 4.78 is 0. The SMILES string of the molecule is CN=C(NCc1ccc(N2CCCC2)nc1)N1CCCC(C)C1.I. The van der Waals surface area contributed by atoms with Gasteiger partial charge in [-0.25, -0.2) is 4.98 Å². The summed E-state index contributed by atoms with van der Waals surface area (Å²) in [6.07, 6.45) is 7.15. The number of likely N-dealkylation sites (tertiary alicyclic amines) is 1. The summed E-state index contributed by atoms with van der Waals surface area (Å²) in [5, 5.41) is 3.49. The van der Waals surface area contributed by atoms with Crippen LogP contribution in [-0.4, -0.2) is 49.1 Å². The van der Waals surface area contributed by atoms with Crippen molar-refractivity contribution in [1.82, 2.24) is 15.2 Å². The molecule has 0 aliphatic carbocycles. The molecule has 2 aliphatic rings. The molecule has 1 aromatic rings. The Bertz CT molecular complexity index is 525. The van der Waals surface area contributed by atoms with Gasteiger partial charge in [0, 0.05) is 46.0 Å². The fourth-order valence-electron chi connectivity index (χ4n) is 3.55. The number of guanidine groups is 1. The fraction of sp³-hybridized carbons (Fsp3) is 0.667. The number of rotatable bonds is 3. The van der Waals surface area contributed by atoms with E-state index in [-0.39, 0.29) is 24.0 Å². The average Bonchev–Trinajstić information content (AvgIpc) is 3.11. The van der Waals surface area contributed by atoms with Crippen molar-refractivity contribution in [2.75, 3.05) is 38.1 Å². The van der Waals surface area contributed by atoms with Gasteiger partial charge in [0.1, 0.15) is 5.82 Å². The Kier molecular flexibility index (Phi) is 7.58. The first-order valence-corrected chi connectivity index (χ1v) is 8.92. The zero-order valence-electron chi connectivity index (χ0n) is 14.9. The van der Waals surface area contributed by atoms with Gasteiger partial charge in [0.05, 0.1) is 0 Å². The lowest BCUT2D eigenvalue weighted by atomic mass is 10.0. The highest BCUT2D eigenvalue weighted by atomic mass is 127. The number of hydrogen-bond acceptors (Lipinski definition) is 3. The highest BCUT2D eigenvalue weighted by molar-refractivity contribution is 14.0. The van der Waals surface area contributed by atoms with E-state index in [4.69, 9.17) is 0 Å². The minimum atomic E-state index is 0. The van der Waals surface area contributed by atoms with E-state index in [0.717, 1.165) is 50.4 Å². The zero-order chi connectivity index (χ0) is 16.1. The molecular weight excluding hydrogens is 413 g/mol. The summed E-state index contributed by atoms with van der Waals surface area (Å²) in [5.74, 6) is 2.88. The summed E-state index contributed by atoms with van der Waals surface area (Å²) in [5.41, 5.74) is 1.21. The molecule has 2 fully saturated rings. The van der Waals surface area contributed by atoms with Gasteiger partial charge in [0.15, 0.2) is 5.96 Å². The lowest BCUT2D eigenvalue weighted by Gasteiger charge is -2.33. The molecule has 6 heteroatoms. The van der Waals surface area contributed by atoms with Crippen LogP contribution in [0.25, 0.3) is 0 Å². The van der Waals surface area contributed by atoms with Crippen LogP contribution in [0.15, 0.2) is 23.3 Å². The van der Waals surface area contributed by atoms with Crippen molar-refractivity contribution in [3.05, 3.63) is 23.9 Å². The number of nitrogens with one attached hydrogen (secondary N) is 1. The molecule has 0 spiro atoms. The van der Waals surface area contributed by atoms with Crippen molar-refractivity contribution in [2.45, 2.75) is 39.2 Å². The maximum absolute atomic E-state index is 4.62. The first-order chi connectivity index (χ1) is 11.3. The average molecular weight is 443 g/mol. The second-order valence-electron chi connectivity index (χ2n) is 6.81. The standard InChI is InChI=1S/C18H29N5.HI/c1-15-6-5-11-23(14-15)18(19-2)21-13-16-7-8-17(20-12-16)22-9-3-4-10-22;/h7-8,12,15H,3-6,9-11,13-14H2,1-2H3,(H,19,21);1H. The summed E-state index contributed by atoms with van der Waals surface area (Å²) in [7, 11) is 1.87. The van der Waals surface area contributed by atoms with Gasteiger partial charge in [-0.3, -0.25) is 4.99 Å². The summed E-state index contributed by atoms with van der Waals surface area (Å²) >= 11 is 0. The predicted octanol–water partition coefficient (Wildman–Crippen LogP) is 3.11. The number of pyridine rings is 1. The summed E-state index contributed by atoms with van der Waals surface area (Å²) in [6, 6.07) is 4.33. The molecule has 0 bridgehead atoms. The van der Waals surface area contributed by atoms with Crippen molar-refractivity contribution in [1.29, 1.82) is 0 Å². The van der Waals surface area contributed by atoms with E-state index in [2.05, 4.69) is 44.1 Å². The Morgan fingerprint density at radius 3 is 2.67 bits per heavy atom. The molecule has 3 heterocycles. The van der Waals surface area contributed by atoms with Gasteiger partial charge in [-0.15, -0.1) is 24.0 Å². The highest BCUT2D eigenvalue weighted by Gasteiger charge is 2.19. The van der Waals surface area contributed by atoms with Crippen molar-refractivity contribution < 1.29 is 0 Å². The molecule has 0 saturated carbocycles. The third kappa shape index (κ3) is 4.97. The third-order valence-corrected chi connectivity index (χ3v) is 4.86. The molecule has 3 rings (SSSR count). The Morgan fingerprint density at radius 2 is 2.04 bits per heavy atom. The first kappa shape index (κ1) is 19.3. The van der Waals surface area contributed by atoms with Crippen LogP contribution in [0.1, 0.15) is 38.2 Å². The third-order valence-electron chi connectivity index (χ3n) is 4.86. The molecule has 5 nitrogen and oxygen atoms in total. The zero-order valence-corrected chi connectivity index (χ0v) is 17.2.